The van der Waals surface area contributed by atoms with Crippen LogP contribution in [0.3, 0.4) is 0 Å². The van der Waals surface area contributed by atoms with Gasteiger partial charge in [-0.15, -0.1) is 0 Å². The third kappa shape index (κ3) is 4.70. The van der Waals surface area contributed by atoms with Gasteiger partial charge in [-0.3, -0.25) is 9.78 Å². The average molecular weight is 479 g/mol. The Morgan fingerprint density at radius 3 is 2.61 bits per heavy atom. The van der Waals surface area contributed by atoms with E-state index in [9.17, 15) is 23.8 Å². The number of carbonyl (C=O) groups excluding carboxylic acids is 1. The van der Waals surface area contributed by atoms with E-state index in [1.807, 2.05) is 6.92 Å². The highest BCUT2D eigenvalue weighted by Gasteiger charge is 2.51. The summed E-state index contributed by atoms with van der Waals surface area (Å²) in [6, 6.07) is -0.141. The summed E-state index contributed by atoms with van der Waals surface area (Å²) >= 11 is 12.6. The van der Waals surface area contributed by atoms with Crippen molar-refractivity contribution in [3.63, 3.8) is 0 Å². The number of amides is 1. The predicted octanol–water partition coefficient (Wildman–Crippen LogP) is 4.65. The minimum atomic E-state index is -2.80. The molecule has 0 bridgehead atoms. The summed E-state index contributed by atoms with van der Waals surface area (Å²) in [6.07, 6.45) is 0.399. The van der Waals surface area contributed by atoms with E-state index < -0.39 is 24.0 Å². The maximum atomic E-state index is 13.5. The summed E-state index contributed by atoms with van der Waals surface area (Å²) in [6.45, 7) is 5.15. The van der Waals surface area contributed by atoms with E-state index in [1.165, 1.54) is 20.0 Å². The number of aliphatic hydroxyl groups excluding tert-OH is 1. The largest absolute Gasteiger partial charge is 0.387 e. The average Bonchev–Trinajstić information content (AvgIpc) is 2.70. The molecule has 174 valence electrons. The van der Waals surface area contributed by atoms with Crippen molar-refractivity contribution < 1.29 is 23.8 Å². The lowest BCUT2D eigenvalue weighted by Crippen LogP contribution is -2.57. The van der Waals surface area contributed by atoms with Crippen LogP contribution >= 0.6 is 23.2 Å². The molecule has 0 radical (unpaired) electrons. The number of pyridine rings is 1. The third-order valence-electron chi connectivity index (χ3n) is 7.27. The zero-order valence-corrected chi connectivity index (χ0v) is 19.5. The predicted molar refractivity (Wildman–Crippen MR) is 115 cm³/mol. The van der Waals surface area contributed by atoms with Crippen molar-refractivity contribution in [1.82, 2.24) is 9.88 Å². The molecule has 1 saturated carbocycles. The molecular weight excluding hydrogens is 449 g/mol. The van der Waals surface area contributed by atoms with Crippen LogP contribution in [0.1, 0.15) is 63.8 Å². The summed E-state index contributed by atoms with van der Waals surface area (Å²) in [4.78, 5) is 19.0. The van der Waals surface area contributed by atoms with Gasteiger partial charge in [0.25, 0.3) is 6.43 Å². The highest BCUT2D eigenvalue weighted by atomic mass is 35.5. The summed E-state index contributed by atoms with van der Waals surface area (Å²) in [5, 5.41) is 20.7. The fourth-order valence-corrected chi connectivity index (χ4v) is 6.14. The molecule has 9 heteroatoms. The summed E-state index contributed by atoms with van der Waals surface area (Å²) in [5.41, 5.74) is -1.33. The summed E-state index contributed by atoms with van der Waals surface area (Å²) in [5.74, 6) is -0.631. The number of likely N-dealkylation sites (tertiary alicyclic amines) is 1. The molecule has 5 nitrogen and oxygen atoms in total. The summed E-state index contributed by atoms with van der Waals surface area (Å²) in [7, 11) is 0. The Labute approximate surface area is 191 Å². The molecule has 6 atom stereocenters. The highest BCUT2D eigenvalue weighted by Crippen LogP contribution is 2.48. The second-order valence-electron chi connectivity index (χ2n) is 9.14. The van der Waals surface area contributed by atoms with Crippen LogP contribution < -0.4 is 0 Å². The number of aromatic nitrogens is 1. The number of halogens is 4. The van der Waals surface area contributed by atoms with Crippen molar-refractivity contribution in [3.05, 3.63) is 27.5 Å². The van der Waals surface area contributed by atoms with Gasteiger partial charge in [0.15, 0.2) is 0 Å². The quantitative estimate of drug-likeness (QED) is 0.645. The highest BCUT2D eigenvalue weighted by molar-refractivity contribution is 6.36. The lowest BCUT2D eigenvalue weighted by atomic mass is 9.61. The fraction of sp³-hybridized carbons (Fsp3) is 0.727. The third-order valence-corrected chi connectivity index (χ3v) is 8.01. The van der Waals surface area contributed by atoms with Gasteiger partial charge in [0.05, 0.1) is 28.3 Å². The van der Waals surface area contributed by atoms with Gasteiger partial charge in [0, 0.05) is 24.3 Å². The maximum absolute atomic E-state index is 13.5. The Morgan fingerprint density at radius 2 is 2.00 bits per heavy atom. The second-order valence-corrected chi connectivity index (χ2v) is 9.93. The molecule has 2 fully saturated rings. The van der Waals surface area contributed by atoms with E-state index in [-0.39, 0.29) is 45.9 Å². The van der Waals surface area contributed by atoms with Crippen molar-refractivity contribution in [2.75, 3.05) is 6.54 Å². The van der Waals surface area contributed by atoms with Gasteiger partial charge in [-0.05, 0) is 57.8 Å². The second kappa shape index (κ2) is 9.46. The van der Waals surface area contributed by atoms with E-state index in [4.69, 9.17) is 23.2 Å². The minimum absolute atomic E-state index is 0.0280. The van der Waals surface area contributed by atoms with Gasteiger partial charge in [-0.2, -0.15) is 0 Å². The molecular formula is C22H30Cl2F2N2O3. The molecule has 0 spiro atoms. The molecule has 1 amide bonds. The number of alkyl halides is 2. The van der Waals surface area contributed by atoms with Crippen LogP contribution in [-0.4, -0.2) is 50.6 Å². The number of piperidine rings is 1. The molecule has 0 aromatic carbocycles. The fourth-order valence-electron chi connectivity index (χ4n) is 5.50. The Balaban J connectivity index is 1.78. The standard InChI is InChI=1S/C22H30Cl2F2N2O3/c1-11-13-5-4-6-16(22(3,31)21(25)26)14(13)7-8-28(11)18(30)9-15-17(23)10-27-20(12(2)29)19(15)24/h10-14,16,21,29,31H,4-9H2,1-3H3/t11-,12+,13+,14+,16+,22-/m0/s1. The number of rotatable bonds is 5. The number of aliphatic hydroxyl groups is 2. The molecule has 1 aromatic rings. The van der Waals surface area contributed by atoms with Crippen molar-refractivity contribution in [3.8, 4) is 0 Å². The van der Waals surface area contributed by atoms with Gasteiger partial charge in [0.1, 0.15) is 5.60 Å². The Morgan fingerprint density at radius 1 is 1.32 bits per heavy atom. The zero-order chi connectivity index (χ0) is 23.1. The van der Waals surface area contributed by atoms with Crippen LogP contribution in [0.15, 0.2) is 6.20 Å². The first kappa shape index (κ1) is 24.6. The van der Waals surface area contributed by atoms with Gasteiger partial charge in [-0.1, -0.05) is 29.6 Å². The van der Waals surface area contributed by atoms with Gasteiger partial charge >= 0.3 is 0 Å². The Hall–Kier alpha value is -1.02. The molecule has 2 N–H and O–H groups in total. The topological polar surface area (TPSA) is 73.7 Å². The molecule has 0 unspecified atom stereocenters. The van der Waals surface area contributed by atoms with Crippen molar-refractivity contribution in [2.24, 2.45) is 17.8 Å². The first-order valence-corrected chi connectivity index (χ1v) is 11.5. The Kier molecular flexibility index (Phi) is 7.51. The van der Waals surface area contributed by atoms with E-state index in [1.54, 1.807) is 4.90 Å². The molecule has 2 heterocycles. The van der Waals surface area contributed by atoms with E-state index in [2.05, 4.69) is 4.98 Å². The van der Waals surface area contributed by atoms with Crippen molar-refractivity contribution >= 4 is 29.1 Å². The summed E-state index contributed by atoms with van der Waals surface area (Å²) < 4.78 is 27.0. The first-order chi connectivity index (χ1) is 14.5. The molecule has 1 aromatic heterocycles. The molecule has 3 rings (SSSR count). The van der Waals surface area contributed by atoms with Crippen LogP contribution in [0.5, 0.6) is 0 Å². The lowest BCUT2D eigenvalue weighted by molar-refractivity contribution is -0.164. The monoisotopic (exact) mass is 478 g/mol. The molecule has 1 saturated heterocycles. The minimum Gasteiger partial charge on any atom is -0.387 e. The van der Waals surface area contributed by atoms with Gasteiger partial charge in [0.2, 0.25) is 5.91 Å². The van der Waals surface area contributed by atoms with Crippen LogP contribution in [0.4, 0.5) is 8.78 Å². The molecule has 31 heavy (non-hydrogen) atoms. The van der Waals surface area contributed by atoms with Gasteiger partial charge in [-0.25, -0.2) is 8.78 Å². The zero-order valence-electron chi connectivity index (χ0n) is 18.0. The molecule has 1 aliphatic carbocycles. The number of carbonyl (C=O) groups is 1. The number of hydrogen-bond donors (Lipinski definition) is 2. The lowest BCUT2D eigenvalue weighted by Gasteiger charge is -2.52. The van der Waals surface area contributed by atoms with E-state index >= 15 is 0 Å². The smallest absolute Gasteiger partial charge is 0.266 e. The molecule has 1 aliphatic heterocycles. The molecule has 2 aliphatic rings. The van der Waals surface area contributed by atoms with Crippen molar-refractivity contribution in [1.29, 1.82) is 0 Å². The van der Waals surface area contributed by atoms with E-state index in [0.717, 1.165) is 12.8 Å². The van der Waals surface area contributed by atoms with E-state index in [0.29, 0.717) is 24.9 Å². The van der Waals surface area contributed by atoms with Crippen LogP contribution in [-0.2, 0) is 11.2 Å². The SMILES string of the molecule is C[C@@H](O)c1ncc(Cl)c(CC(=O)N2CC[C@@H]3[C@H](CCC[C@H]3[C@](C)(O)C(F)F)[C@@H]2C)c1Cl. The Bertz CT molecular complexity index is 822. The van der Waals surface area contributed by atoms with Crippen LogP contribution in [0, 0.1) is 17.8 Å². The normalized spacial score (nSPS) is 29.4. The van der Waals surface area contributed by atoms with Crippen LogP contribution in [0.2, 0.25) is 10.0 Å². The van der Waals surface area contributed by atoms with Gasteiger partial charge < -0.3 is 15.1 Å². The maximum Gasteiger partial charge on any atom is 0.266 e. The number of nitrogens with zero attached hydrogens (tertiary/aromatic N) is 2. The van der Waals surface area contributed by atoms with Crippen LogP contribution in [0.25, 0.3) is 0 Å². The van der Waals surface area contributed by atoms with Crippen molar-refractivity contribution in [2.45, 2.75) is 77.0 Å². The first-order valence-electron chi connectivity index (χ1n) is 10.8. The number of fused-ring (bicyclic) bond motifs is 1. The number of hydrogen-bond acceptors (Lipinski definition) is 4.